The number of rotatable bonds is 6. The van der Waals surface area contributed by atoms with Crippen LogP contribution >= 0.6 is 0 Å². The van der Waals surface area contributed by atoms with Crippen LogP contribution in [0.4, 0.5) is 0 Å². The molecule has 2 aromatic rings. The first-order chi connectivity index (χ1) is 9.65. The number of hydrogen-bond donors (Lipinski definition) is 1. The quantitative estimate of drug-likeness (QED) is 0.874. The van der Waals surface area contributed by atoms with Crippen molar-refractivity contribution in [3.05, 3.63) is 47.8 Å². The van der Waals surface area contributed by atoms with Gasteiger partial charge in [-0.3, -0.25) is 4.98 Å². The highest BCUT2D eigenvalue weighted by molar-refractivity contribution is 5.29. The fraction of sp³-hybridized carbons (Fsp3) is 0.400. The summed E-state index contributed by atoms with van der Waals surface area (Å²) in [6.45, 7) is 7.22. The smallest absolute Gasteiger partial charge is 0.166 e. The first-order valence-electron chi connectivity index (χ1n) is 6.74. The molecule has 0 aromatic carbocycles. The molecular weight excluding hydrogens is 252 g/mol. The average molecular weight is 272 g/mol. The SMILES string of the molecule is Cc1ccc(OCc2ncccn2)c(CNC(C)C)n1. The van der Waals surface area contributed by atoms with Crippen molar-refractivity contribution in [2.45, 2.75) is 40.0 Å². The Morgan fingerprint density at radius 3 is 2.65 bits per heavy atom. The summed E-state index contributed by atoms with van der Waals surface area (Å²) in [5.74, 6) is 1.44. The summed E-state index contributed by atoms with van der Waals surface area (Å²) >= 11 is 0. The number of nitrogens with one attached hydrogen (secondary N) is 1. The van der Waals surface area contributed by atoms with Gasteiger partial charge in [-0.1, -0.05) is 13.8 Å². The molecular formula is C15H20N4O. The molecule has 0 amide bonds. The fourth-order valence-corrected chi connectivity index (χ4v) is 1.70. The molecule has 0 bridgehead atoms. The van der Waals surface area contributed by atoms with Crippen molar-refractivity contribution in [1.29, 1.82) is 0 Å². The molecule has 0 saturated carbocycles. The van der Waals surface area contributed by atoms with Gasteiger partial charge in [0.15, 0.2) is 5.82 Å². The van der Waals surface area contributed by atoms with Crippen LogP contribution < -0.4 is 10.1 Å². The summed E-state index contributed by atoms with van der Waals surface area (Å²) in [5.41, 5.74) is 1.89. The van der Waals surface area contributed by atoms with Gasteiger partial charge in [0.1, 0.15) is 12.4 Å². The van der Waals surface area contributed by atoms with E-state index in [1.54, 1.807) is 18.5 Å². The first-order valence-corrected chi connectivity index (χ1v) is 6.74. The minimum atomic E-state index is 0.347. The van der Waals surface area contributed by atoms with Crippen molar-refractivity contribution in [3.8, 4) is 5.75 Å². The van der Waals surface area contributed by atoms with Gasteiger partial charge in [0.2, 0.25) is 0 Å². The normalized spacial score (nSPS) is 10.8. The van der Waals surface area contributed by atoms with E-state index in [9.17, 15) is 0 Å². The van der Waals surface area contributed by atoms with E-state index in [-0.39, 0.29) is 0 Å². The van der Waals surface area contributed by atoms with Crippen LogP contribution in [-0.4, -0.2) is 21.0 Å². The van der Waals surface area contributed by atoms with Crippen molar-refractivity contribution >= 4 is 0 Å². The standard InChI is InChI=1S/C15H20N4O/c1-11(2)18-9-13-14(6-5-12(3)19-13)20-10-15-16-7-4-8-17-15/h4-8,11,18H,9-10H2,1-3H3. The monoisotopic (exact) mass is 272 g/mol. The molecule has 1 N–H and O–H groups in total. The molecule has 0 fully saturated rings. The zero-order valence-corrected chi connectivity index (χ0v) is 12.1. The molecule has 106 valence electrons. The first kappa shape index (κ1) is 14.4. The second-order valence-electron chi connectivity index (χ2n) is 4.89. The number of hydrogen-bond acceptors (Lipinski definition) is 5. The summed E-state index contributed by atoms with van der Waals surface area (Å²) in [6.07, 6.45) is 3.42. The number of nitrogens with zero attached hydrogens (tertiary/aromatic N) is 3. The Kier molecular flexibility index (Phi) is 5.01. The second-order valence-corrected chi connectivity index (χ2v) is 4.89. The van der Waals surface area contributed by atoms with Crippen LogP contribution in [0.1, 0.15) is 31.1 Å². The third-order valence-electron chi connectivity index (χ3n) is 2.73. The lowest BCUT2D eigenvalue weighted by Gasteiger charge is -2.13. The fourth-order valence-electron chi connectivity index (χ4n) is 1.70. The molecule has 2 heterocycles. The van der Waals surface area contributed by atoms with E-state index in [0.29, 0.717) is 25.0 Å². The van der Waals surface area contributed by atoms with Crippen LogP contribution in [0.15, 0.2) is 30.6 Å². The number of aromatic nitrogens is 3. The third kappa shape index (κ3) is 4.28. The summed E-state index contributed by atoms with van der Waals surface area (Å²) in [6, 6.07) is 6.08. The van der Waals surface area contributed by atoms with Crippen molar-refractivity contribution in [2.75, 3.05) is 0 Å². The highest BCUT2D eigenvalue weighted by Crippen LogP contribution is 2.18. The van der Waals surface area contributed by atoms with E-state index in [1.165, 1.54) is 0 Å². The Hall–Kier alpha value is -2.01. The maximum atomic E-state index is 5.78. The number of pyridine rings is 1. The lowest BCUT2D eigenvalue weighted by atomic mass is 10.2. The van der Waals surface area contributed by atoms with E-state index in [2.05, 4.69) is 34.1 Å². The molecule has 20 heavy (non-hydrogen) atoms. The minimum Gasteiger partial charge on any atom is -0.484 e. The van der Waals surface area contributed by atoms with E-state index in [4.69, 9.17) is 4.74 Å². The van der Waals surface area contributed by atoms with E-state index in [0.717, 1.165) is 17.1 Å². The Labute approximate surface area is 119 Å². The summed E-state index contributed by atoms with van der Waals surface area (Å²) in [5, 5.41) is 3.35. The van der Waals surface area contributed by atoms with Gasteiger partial charge in [0.05, 0.1) is 5.69 Å². The molecule has 5 nitrogen and oxygen atoms in total. The number of ether oxygens (including phenoxy) is 1. The van der Waals surface area contributed by atoms with Gasteiger partial charge >= 0.3 is 0 Å². The molecule has 2 rings (SSSR count). The van der Waals surface area contributed by atoms with Crippen LogP contribution in [0, 0.1) is 6.92 Å². The van der Waals surface area contributed by atoms with Crippen LogP contribution in [0.5, 0.6) is 5.75 Å². The maximum Gasteiger partial charge on any atom is 0.166 e. The molecule has 0 spiro atoms. The lowest BCUT2D eigenvalue weighted by Crippen LogP contribution is -2.23. The van der Waals surface area contributed by atoms with Crippen molar-refractivity contribution in [1.82, 2.24) is 20.3 Å². The Bertz CT molecular complexity index is 543. The van der Waals surface area contributed by atoms with Gasteiger partial charge in [-0.05, 0) is 25.1 Å². The van der Waals surface area contributed by atoms with Crippen LogP contribution in [0.25, 0.3) is 0 Å². The topological polar surface area (TPSA) is 59.9 Å². The van der Waals surface area contributed by atoms with Gasteiger partial charge < -0.3 is 10.1 Å². The highest BCUT2D eigenvalue weighted by Gasteiger charge is 2.07. The predicted octanol–water partition coefficient (Wildman–Crippen LogP) is 2.26. The van der Waals surface area contributed by atoms with Crippen LogP contribution in [-0.2, 0) is 13.2 Å². The maximum absolute atomic E-state index is 5.78. The molecule has 0 aliphatic heterocycles. The van der Waals surface area contributed by atoms with Crippen molar-refractivity contribution < 1.29 is 4.74 Å². The molecule has 0 saturated heterocycles. The van der Waals surface area contributed by atoms with E-state index in [1.807, 2.05) is 19.1 Å². The molecule has 0 radical (unpaired) electrons. The third-order valence-corrected chi connectivity index (χ3v) is 2.73. The van der Waals surface area contributed by atoms with Crippen molar-refractivity contribution in [3.63, 3.8) is 0 Å². The molecule has 2 aromatic heterocycles. The van der Waals surface area contributed by atoms with Gasteiger partial charge in [-0.25, -0.2) is 9.97 Å². The molecule has 0 unspecified atom stereocenters. The average Bonchev–Trinajstić information content (AvgIpc) is 2.45. The Balaban J connectivity index is 2.06. The minimum absolute atomic E-state index is 0.347. The zero-order chi connectivity index (χ0) is 14.4. The summed E-state index contributed by atoms with van der Waals surface area (Å²) in [7, 11) is 0. The summed E-state index contributed by atoms with van der Waals surface area (Å²) in [4.78, 5) is 12.8. The molecule has 0 aliphatic rings. The van der Waals surface area contributed by atoms with E-state index < -0.39 is 0 Å². The van der Waals surface area contributed by atoms with Gasteiger partial charge in [0.25, 0.3) is 0 Å². The summed E-state index contributed by atoms with van der Waals surface area (Å²) < 4.78 is 5.78. The lowest BCUT2D eigenvalue weighted by molar-refractivity contribution is 0.289. The Morgan fingerprint density at radius 1 is 1.20 bits per heavy atom. The van der Waals surface area contributed by atoms with Gasteiger partial charge in [-0.15, -0.1) is 0 Å². The highest BCUT2D eigenvalue weighted by atomic mass is 16.5. The van der Waals surface area contributed by atoms with Gasteiger partial charge in [0, 0.05) is 30.7 Å². The second kappa shape index (κ2) is 6.96. The van der Waals surface area contributed by atoms with Crippen LogP contribution in [0.2, 0.25) is 0 Å². The van der Waals surface area contributed by atoms with Crippen LogP contribution in [0.3, 0.4) is 0 Å². The molecule has 5 heteroatoms. The Morgan fingerprint density at radius 2 is 1.95 bits per heavy atom. The largest absolute Gasteiger partial charge is 0.484 e. The molecule has 0 aliphatic carbocycles. The van der Waals surface area contributed by atoms with Crippen molar-refractivity contribution in [2.24, 2.45) is 0 Å². The van der Waals surface area contributed by atoms with E-state index >= 15 is 0 Å². The number of aryl methyl sites for hydroxylation is 1. The zero-order valence-electron chi connectivity index (χ0n) is 12.1. The molecule has 0 atom stereocenters. The predicted molar refractivity (Wildman–Crippen MR) is 77.3 cm³/mol. The van der Waals surface area contributed by atoms with Gasteiger partial charge in [-0.2, -0.15) is 0 Å².